The van der Waals surface area contributed by atoms with Gasteiger partial charge in [0.05, 0.1) is 9.21 Å². The molecule has 2 aromatic heterocycles. The molecule has 0 saturated carbocycles. The van der Waals surface area contributed by atoms with Gasteiger partial charge in [0, 0.05) is 43.1 Å². The Bertz CT molecular complexity index is 1070. The zero-order valence-electron chi connectivity index (χ0n) is 16.3. The smallest absolute Gasteiger partial charge is 0.173 e. The number of nitrogens with zero attached hydrogens (tertiary/aromatic N) is 2. The summed E-state index contributed by atoms with van der Waals surface area (Å²) in [6.45, 7) is 1.68. The van der Waals surface area contributed by atoms with Crippen LogP contribution in [0, 0.1) is 11.2 Å². The van der Waals surface area contributed by atoms with Crippen LogP contribution in [0.5, 0.6) is 0 Å². The van der Waals surface area contributed by atoms with Crippen molar-refractivity contribution in [3.63, 3.8) is 0 Å². The van der Waals surface area contributed by atoms with E-state index in [1.165, 1.54) is 23.8 Å². The van der Waals surface area contributed by atoms with E-state index >= 15 is 0 Å². The molecule has 0 bridgehead atoms. The summed E-state index contributed by atoms with van der Waals surface area (Å²) >= 11 is 7.12. The van der Waals surface area contributed by atoms with Crippen LogP contribution in [0.15, 0.2) is 40.9 Å². The van der Waals surface area contributed by atoms with Gasteiger partial charge in [0.25, 0.3) is 0 Å². The summed E-state index contributed by atoms with van der Waals surface area (Å²) in [4.78, 5) is 14.8. The molecule has 3 aromatic rings. The zero-order chi connectivity index (χ0) is 21.1. The topological polar surface area (TPSA) is 70.2 Å². The molecule has 0 atom stereocenters. The number of halogens is 2. The lowest BCUT2D eigenvalue weighted by molar-refractivity contribution is 0.0984. The highest BCUT2D eigenvalue weighted by molar-refractivity contribution is 7.18. The molecule has 0 unspecified atom stereocenters. The molecule has 1 aromatic carbocycles. The molecule has 5 nitrogen and oxygen atoms in total. The normalized spacial score (nSPS) is 14.1. The average Bonchev–Trinajstić information content (AvgIpc) is 3.41. The summed E-state index contributed by atoms with van der Waals surface area (Å²) in [5.41, 5.74) is 1.25. The number of hydrogen-bond donors (Lipinski definition) is 1. The van der Waals surface area contributed by atoms with Crippen molar-refractivity contribution in [2.75, 3.05) is 13.1 Å². The second-order valence-electron chi connectivity index (χ2n) is 7.30. The van der Waals surface area contributed by atoms with E-state index in [4.69, 9.17) is 21.5 Å². The summed E-state index contributed by atoms with van der Waals surface area (Å²) in [6, 6.07) is 9.81. The van der Waals surface area contributed by atoms with Crippen molar-refractivity contribution in [3.8, 4) is 11.3 Å². The first-order valence-corrected chi connectivity index (χ1v) is 11.1. The molecule has 0 radical (unpaired) electrons. The monoisotopic (exact) mass is 445 g/mol. The molecule has 156 valence electrons. The van der Waals surface area contributed by atoms with Gasteiger partial charge in [0.15, 0.2) is 5.78 Å². The van der Waals surface area contributed by atoms with Crippen molar-refractivity contribution in [1.29, 1.82) is 5.41 Å². The minimum atomic E-state index is -0.446. The Labute approximate surface area is 183 Å². The standard InChI is InChI=1S/C22H21ClFN3O2S/c23-21-9-8-20(30-21)19(28)7-5-15-13-18(26-29-15)16-6-4-14(12-17(16)24)22(25)27-10-2-1-3-11-27/h4,6,8-9,12-13,25H,1-3,5,7,10-11H2. The number of nitrogens with one attached hydrogen (secondary N) is 1. The van der Waals surface area contributed by atoms with E-state index in [2.05, 4.69) is 5.16 Å². The third kappa shape index (κ3) is 4.63. The second kappa shape index (κ2) is 9.10. The summed E-state index contributed by atoms with van der Waals surface area (Å²) < 4.78 is 20.6. The van der Waals surface area contributed by atoms with Gasteiger partial charge in [0.1, 0.15) is 23.1 Å². The number of thiophene rings is 1. The number of hydrogen-bond acceptors (Lipinski definition) is 5. The number of piperidine rings is 1. The molecule has 0 aliphatic carbocycles. The van der Waals surface area contributed by atoms with Crippen molar-refractivity contribution in [2.45, 2.75) is 32.1 Å². The molecular weight excluding hydrogens is 425 g/mol. The Morgan fingerprint density at radius 2 is 2.00 bits per heavy atom. The van der Waals surface area contributed by atoms with Crippen molar-refractivity contribution >= 4 is 34.6 Å². The Balaban J connectivity index is 1.42. The summed E-state index contributed by atoms with van der Waals surface area (Å²) in [5, 5.41) is 12.3. The maximum Gasteiger partial charge on any atom is 0.173 e. The van der Waals surface area contributed by atoms with Crippen LogP contribution in [0.3, 0.4) is 0 Å². The number of amidine groups is 1. The lowest BCUT2D eigenvalue weighted by Crippen LogP contribution is -2.35. The van der Waals surface area contributed by atoms with E-state index in [-0.39, 0.29) is 12.2 Å². The van der Waals surface area contributed by atoms with Crippen LogP contribution in [-0.4, -0.2) is 34.8 Å². The van der Waals surface area contributed by atoms with E-state index in [0.29, 0.717) is 44.1 Å². The lowest BCUT2D eigenvalue weighted by Gasteiger charge is -2.29. The van der Waals surface area contributed by atoms with Crippen molar-refractivity contribution < 1.29 is 13.7 Å². The molecule has 1 fully saturated rings. The van der Waals surface area contributed by atoms with E-state index in [9.17, 15) is 9.18 Å². The fourth-order valence-electron chi connectivity index (χ4n) is 3.55. The quantitative estimate of drug-likeness (QED) is 0.294. The molecule has 1 aliphatic heterocycles. The molecule has 1 N–H and O–H groups in total. The van der Waals surface area contributed by atoms with Crippen LogP contribution in [0.2, 0.25) is 4.34 Å². The summed E-state index contributed by atoms with van der Waals surface area (Å²) in [6.07, 6.45) is 3.94. The van der Waals surface area contributed by atoms with Crippen LogP contribution >= 0.6 is 22.9 Å². The lowest BCUT2D eigenvalue weighted by atomic mass is 10.0. The van der Waals surface area contributed by atoms with Crippen LogP contribution < -0.4 is 0 Å². The first kappa shape index (κ1) is 20.8. The van der Waals surface area contributed by atoms with Gasteiger partial charge in [-0.05, 0) is 43.5 Å². The molecule has 3 heterocycles. The Kier molecular flexibility index (Phi) is 6.29. The van der Waals surface area contributed by atoms with Crippen LogP contribution in [-0.2, 0) is 6.42 Å². The molecule has 0 spiro atoms. The zero-order valence-corrected chi connectivity index (χ0v) is 17.9. The maximum atomic E-state index is 14.7. The van der Waals surface area contributed by atoms with E-state index in [1.54, 1.807) is 30.3 Å². The predicted molar refractivity (Wildman–Crippen MR) is 116 cm³/mol. The summed E-state index contributed by atoms with van der Waals surface area (Å²) in [5.74, 6) is 0.411. The van der Waals surface area contributed by atoms with Crippen LogP contribution in [0.25, 0.3) is 11.3 Å². The highest BCUT2D eigenvalue weighted by Gasteiger charge is 2.18. The second-order valence-corrected chi connectivity index (χ2v) is 9.01. The highest BCUT2D eigenvalue weighted by atomic mass is 35.5. The number of benzene rings is 1. The fourth-order valence-corrected chi connectivity index (χ4v) is 4.56. The van der Waals surface area contributed by atoms with E-state index < -0.39 is 5.82 Å². The van der Waals surface area contributed by atoms with Gasteiger partial charge < -0.3 is 9.42 Å². The molecule has 30 heavy (non-hydrogen) atoms. The minimum Gasteiger partial charge on any atom is -0.361 e. The highest BCUT2D eigenvalue weighted by Crippen LogP contribution is 2.26. The number of Topliss-reactive ketones (excluding diaryl/α,β-unsaturated/α-hetero) is 1. The number of aromatic nitrogens is 1. The van der Waals surface area contributed by atoms with Gasteiger partial charge in [-0.2, -0.15) is 0 Å². The molecular formula is C22H21ClFN3O2S. The maximum absolute atomic E-state index is 14.7. The minimum absolute atomic E-state index is 0.0170. The third-order valence-electron chi connectivity index (χ3n) is 5.20. The fraction of sp³-hybridized carbons (Fsp3) is 0.318. The van der Waals surface area contributed by atoms with Gasteiger partial charge >= 0.3 is 0 Å². The van der Waals surface area contributed by atoms with Crippen LogP contribution in [0.1, 0.15) is 46.7 Å². The van der Waals surface area contributed by atoms with Crippen molar-refractivity contribution in [2.24, 2.45) is 0 Å². The number of aryl methyl sites for hydroxylation is 1. The number of ketones is 1. The van der Waals surface area contributed by atoms with Gasteiger partial charge in [-0.25, -0.2) is 4.39 Å². The number of rotatable bonds is 6. The average molecular weight is 446 g/mol. The molecule has 0 amide bonds. The van der Waals surface area contributed by atoms with Gasteiger partial charge in [-0.3, -0.25) is 10.2 Å². The Morgan fingerprint density at radius 3 is 2.70 bits per heavy atom. The van der Waals surface area contributed by atoms with Gasteiger partial charge in [-0.1, -0.05) is 22.8 Å². The molecule has 4 rings (SSSR count). The van der Waals surface area contributed by atoms with Crippen LogP contribution in [0.4, 0.5) is 4.39 Å². The molecule has 1 aliphatic rings. The Hall–Kier alpha value is -2.51. The number of carbonyl (C=O) groups excluding carboxylic acids is 1. The molecule has 8 heteroatoms. The Morgan fingerprint density at radius 1 is 1.20 bits per heavy atom. The first-order valence-electron chi connectivity index (χ1n) is 9.89. The first-order chi connectivity index (χ1) is 14.5. The van der Waals surface area contributed by atoms with Gasteiger partial charge in [-0.15, -0.1) is 11.3 Å². The number of likely N-dealkylation sites (tertiary alicyclic amines) is 1. The molecule has 1 saturated heterocycles. The predicted octanol–water partition coefficient (Wildman–Crippen LogP) is 5.82. The van der Waals surface area contributed by atoms with E-state index in [0.717, 1.165) is 25.9 Å². The largest absolute Gasteiger partial charge is 0.361 e. The number of carbonyl (C=O) groups is 1. The van der Waals surface area contributed by atoms with E-state index in [1.807, 2.05) is 4.90 Å². The van der Waals surface area contributed by atoms with Crippen molar-refractivity contribution in [3.05, 3.63) is 62.8 Å². The summed E-state index contributed by atoms with van der Waals surface area (Å²) in [7, 11) is 0. The SMILES string of the molecule is N=C(c1ccc(-c2cc(CCC(=O)c3ccc(Cl)s3)on2)c(F)c1)N1CCCCC1. The van der Waals surface area contributed by atoms with Crippen molar-refractivity contribution in [1.82, 2.24) is 10.1 Å². The van der Waals surface area contributed by atoms with Gasteiger partial charge in [0.2, 0.25) is 0 Å². The third-order valence-corrected chi connectivity index (χ3v) is 6.47.